The van der Waals surface area contributed by atoms with Crippen LogP contribution in [0.2, 0.25) is 0 Å². The smallest absolute Gasteiger partial charge is 0.143 e. The molecule has 0 unspecified atom stereocenters. The highest BCUT2D eigenvalue weighted by Crippen LogP contribution is 2.44. The van der Waals surface area contributed by atoms with Crippen LogP contribution in [0.4, 0.5) is 0 Å². The number of hydrogen-bond donors (Lipinski definition) is 0. The largest absolute Gasteiger partial charge is 0.455 e. The molecule has 1 heterocycles. The van der Waals surface area contributed by atoms with Crippen LogP contribution < -0.4 is 0 Å². The van der Waals surface area contributed by atoms with E-state index in [1.807, 2.05) is 72.8 Å². The van der Waals surface area contributed by atoms with Crippen molar-refractivity contribution in [2.45, 2.75) is 0 Å². The summed E-state index contributed by atoms with van der Waals surface area (Å²) in [6.07, 6.45) is 0. The topological polar surface area (TPSA) is 13.1 Å². The first-order valence-corrected chi connectivity index (χ1v) is 12.7. The van der Waals surface area contributed by atoms with Gasteiger partial charge in [-0.2, -0.15) is 0 Å². The van der Waals surface area contributed by atoms with E-state index in [2.05, 4.69) is 0 Å². The molecule has 0 aliphatic carbocycles. The second-order valence-electron chi connectivity index (χ2n) is 9.47. The van der Waals surface area contributed by atoms with Gasteiger partial charge in [-0.15, -0.1) is 0 Å². The highest BCUT2D eigenvalue weighted by Gasteiger charge is 2.17. The molecule has 0 saturated heterocycles. The van der Waals surface area contributed by atoms with E-state index in [4.69, 9.17) is 15.4 Å². The summed E-state index contributed by atoms with van der Waals surface area (Å²) >= 11 is 0. The predicted molar refractivity (Wildman–Crippen MR) is 165 cm³/mol. The quantitative estimate of drug-likeness (QED) is 0.218. The average molecular weight is 505 g/mol. The Balaban J connectivity index is 1.50. The monoisotopic (exact) mass is 504 g/mol. The molecule has 0 amide bonds. The van der Waals surface area contributed by atoms with Gasteiger partial charge in [0.05, 0.1) is 11.0 Å². The van der Waals surface area contributed by atoms with E-state index in [0.29, 0.717) is 22.3 Å². The zero-order valence-electron chi connectivity index (χ0n) is 28.6. The Morgan fingerprint density at radius 2 is 0.923 bits per heavy atom. The fourth-order valence-electron chi connectivity index (χ4n) is 5.60. The third-order valence-electron chi connectivity index (χ3n) is 7.33. The van der Waals surface area contributed by atoms with Crippen molar-refractivity contribution in [1.29, 1.82) is 0 Å². The molecule has 1 aromatic heterocycles. The molecule has 0 N–H and O–H groups in total. The highest BCUT2D eigenvalue weighted by molar-refractivity contribution is 6.21. The number of para-hydroxylation sites is 2. The summed E-state index contributed by atoms with van der Waals surface area (Å²) in [5.74, 6) is 0. The molecule has 0 radical (unpaired) electrons. The van der Waals surface area contributed by atoms with Crippen LogP contribution in [0.25, 0.3) is 76.9 Å². The maximum Gasteiger partial charge on any atom is 0.143 e. The molecule has 1 nitrogen and oxygen atoms in total. The number of fused-ring (bicyclic) bond motifs is 5. The summed E-state index contributed by atoms with van der Waals surface area (Å²) in [6.45, 7) is 0. The van der Waals surface area contributed by atoms with Gasteiger partial charge in [0.15, 0.2) is 0 Å². The van der Waals surface area contributed by atoms with Crippen LogP contribution in [0.5, 0.6) is 0 Å². The van der Waals surface area contributed by atoms with Gasteiger partial charge in [0.2, 0.25) is 0 Å². The molecule has 0 spiro atoms. The lowest BCUT2D eigenvalue weighted by molar-refractivity contribution is 0.670. The minimum Gasteiger partial charge on any atom is -0.455 e. The Kier molecular flexibility index (Phi) is 3.42. The minimum atomic E-state index is -0.420. The first kappa shape index (κ1) is 15.3. The molecule has 0 aliphatic heterocycles. The third kappa shape index (κ3) is 3.41. The summed E-state index contributed by atoms with van der Waals surface area (Å²) in [5.41, 5.74) is 5.06. The molecular formula is C38H24O. The zero-order chi connectivity index (χ0) is 32.7. The molecule has 0 bridgehead atoms. The Hall–Kier alpha value is -5.14. The fraction of sp³-hybridized carbons (Fsp3) is 0. The number of furan rings is 1. The zero-order valence-corrected chi connectivity index (χ0v) is 20.6. The van der Waals surface area contributed by atoms with Crippen LogP contribution in [-0.4, -0.2) is 0 Å². The average Bonchev–Trinajstić information content (AvgIpc) is 3.49. The molecule has 182 valence electrons. The van der Waals surface area contributed by atoms with E-state index in [0.717, 1.165) is 33.1 Å². The Labute approximate surface area is 237 Å². The Morgan fingerprint density at radius 1 is 0.410 bits per heavy atom. The Morgan fingerprint density at radius 3 is 1.56 bits per heavy atom. The van der Waals surface area contributed by atoms with E-state index < -0.39 is 24.2 Å². The van der Waals surface area contributed by atoms with Gasteiger partial charge in [-0.3, -0.25) is 0 Å². The van der Waals surface area contributed by atoms with Crippen molar-refractivity contribution in [3.8, 4) is 33.4 Å². The van der Waals surface area contributed by atoms with Crippen LogP contribution in [0, 0.1) is 0 Å². The van der Waals surface area contributed by atoms with Crippen LogP contribution in [0.15, 0.2) is 150 Å². The molecule has 0 fully saturated rings. The van der Waals surface area contributed by atoms with Gasteiger partial charge in [0.1, 0.15) is 11.2 Å². The minimum absolute atomic E-state index is 0.194. The molecular weight excluding hydrogens is 472 g/mol. The fourth-order valence-corrected chi connectivity index (χ4v) is 5.60. The SMILES string of the molecule is [2H]c1c([2H])c([2H])c2c(-c3ccc(-c4cccc5c4oc4ccccc45)cc3)c3c([2H])c([2H])c([2H])c([2H])c3c(-c3ccccc3)c2c1[2H]. The molecule has 8 aromatic rings. The van der Waals surface area contributed by atoms with Gasteiger partial charge in [-0.05, 0) is 55.4 Å². The van der Waals surface area contributed by atoms with Crippen LogP contribution >= 0.6 is 0 Å². The molecule has 8 rings (SSSR count). The van der Waals surface area contributed by atoms with E-state index in [9.17, 15) is 0 Å². The number of rotatable bonds is 3. The van der Waals surface area contributed by atoms with Gasteiger partial charge >= 0.3 is 0 Å². The van der Waals surface area contributed by atoms with Crippen LogP contribution in [0.3, 0.4) is 0 Å². The standard InChI is InChI=1S/C38H24O/c1-2-11-26(12-3-1)36-30-14-4-6-16-32(30)37(33-17-7-5-15-31(33)36)27-23-21-25(22-24-27)28-18-10-19-34-29-13-8-9-20-35(29)39-38(28)34/h1-24H/i4D,5D,6D,7D,14D,15D,16D,17D. The maximum atomic E-state index is 9.10. The molecule has 1 heteroatoms. The van der Waals surface area contributed by atoms with Gasteiger partial charge in [-0.25, -0.2) is 0 Å². The normalized spacial score (nSPS) is 14.5. The summed E-state index contributed by atoms with van der Waals surface area (Å²) in [6, 6.07) is 27.5. The van der Waals surface area contributed by atoms with E-state index in [1.54, 1.807) is 24.3 Å². The van der Waals surface area contributed by atoms with E-state index >= 15 is 0 Å². The number of hydrogen-bond acceptors (Lipinski definition) is 1. The first-order valence-electron chi connectivity index (χ1n) is 16.7. The van der Waals surface area contributed by atoms with E-state index in [1.165, 1.54) is 0 Å². The van der Waals surface area contributed by atoms with Crippen molar-refractivity contribution < 1.29 is 15.4 Å². The van der Waals surface area contributed by atoms with Crippen molar-refractivity contribution in [2.24, 2.45) is 0 Å². The summed E-state index contributed by atoms with van der Waals surface area (Å²) < 4.78 is 76.8. The third-order valence-corrected chi connectivity index (χ3v) is 7.33. The number of benzene rings is 7. The molecule has 0 aliphatic rings. The molecule has 0 atom stereocenters. The lowest BCUT2D eigenvalue weighted by Crippen LogP contribution is -1.90. The maximum absolute atomic E-state index is 9.10. The first-order chi connectivity index (χ1) is 22.7. The van der Waals surface area contributed by atoms with Gasteiger partial charge < -0.3 is 4.42 Å². The van der Waals surface area contributed by atoms with Crippen molar-refractivity contribution in [1.82, 2.24) is 0 Å². The molecule has 39 heavy (non-hydrogen) atoms. The van der Waals surface area contributed by atoms with Crippen molar-refractivity contribution in [2.75, 3.05) is 0 Å². The summed E-state index contributed by atoms with van der Waals surface area (Å²) in [7, 11) is 0. The predicted octanol–water partition coefficient (Wildman–Crippen LogP) is 10.9. The lowest BCUT2D eigenvalue weighted by atomic mass is 9.86. The van der Waals surface area contributed by atoms with Gasteiger partial charge in [0, 0.05) is 16.3 Å². The van der Waals surface area contributed by atoms with E-state index in [-0.39, 0.29) is 45.7 Å². The van der Waals surface area contributed by atoms with Crippen LogP contribution in [0.1, 0.15) is 11.0 Å². The van der Waals surface area contributed by atoms with Crippen molar-refractivity contribution in [3.05, 3.63) is 145 Å². The summed E-state index contributed by atoms with van der Waals surface area (Å²) in [5, 5.41) is 2.79. The summed E-state index contributed by atoms with van der Waals surface area (Å²) in [4.78, 5) is 0. The van der Waals surface area contributed by atoms with Crippen LogP contribution in [-0.2, 0) is 0 Å². The lowest BCUT2D eigenvalue weighted by Gasteiger charge is -2.18. The highest BCUT2D eigenvalue weighted by atomic mass is 16.3. The second-order valence-corrected chi connectivity index (χ2v) is 9.47. The van der Waals surface area contributed by atoms with Gasteiger partial charge in [-0.1, -0.05) is 139 Å². The second kappa shape index (κ2) is 8.72. The van der Waals surface area contributed by atoms with Gasteiger partial charge in [0.25, 0.3) is 0 Å². The van der Waals surface area contributed by atoms with Crippen molar-refractivity contribution in [3.63, 3.8) is 0 Å². The molecule has 0 saturated carbocycles. The van der Waals surface area contributed by atoms with Crippen molar-refractivity contribution >= 4 is 43.5 Å². The molecule has 7 aromatic carbocycles. The Bertz CT molecular complexity index is 2510.